The quantitative estimate of drug-likeness (QED) is 0.391. The van der Waals surface area contributed by atoms with E-state index in [0.717, 1.165) is 30.8 Å². The van der Waals surface area contributed by atoms with Crippen LogP contribution < -0.4 is 0 Å². The van der Waals surface area contributed by atoms with E-state index in [9.17, 15) is 4.79 Å². The highest BCUT2D eigenvalue weighted by Gasteiger charge is 2.47. The van der Waals surface area contributed by atoms with Gasteiger partial charge in [0.25, 0.3) is 0 Å². The summed E-state index contributed by atoms with van der Waals surface area (Å²) < 4.78 is 0. The topological polar surface area (TPSA) is 20.3 Å². The van der Waals surface area contributed by atoms with E-state index >= 15 is 0 Å². The molecule has 2 aromatic rings. The molecule has 2 unspecified atom stereocenters. The van der Waals surface area contributed by atoms with Gasteiger partial charge in [-0.3, -0.25) is 4.79 Å². The molecule has 1 heterocycles. The molecular formula is C25H33Br2NO. The Morgan fingerprint density at radius 2 is 1.34 bits per heavy atom. The monoisotopic (exact) mass is 521 g/mol. The molecule has 1 aliphatic rings. The van der Waals surface area contributed by atoms with Crippen molar-refractivity contribution in [2.24, 2.45) is 5.92 Å². The highest BCUT2D eigenvalue weighted by Crippen LogP contribution is 2.42. The molecule has 0 saturated carbocycles. The summed E-state index contributed by atoms with van der Waals surface area (Å²) in [6.07, 6.45) is 5.17. The predicted molar refractivity (Wildman–Crippen MR) is 131 cm³/mol. The molecule has 4 heteroatoms. The Hall–Kier alpha value is -0.970. The van der Waals surface area contributed by atoms with Gasteiger partial charge in [-0.05, 0) is 49.9 Å². The summed E-state index contributed by atoms with van der Waals surface area (Å²) in [7, 11) is 0. The lowest BCUT2D eigenvalue weighted by Crippen LogP contribution is -2.50. The van der Waals surface area contributed by atoms with Crippen LogP contribution >= 0.6 is 32.9 Å². The van der Waals surface area contributed by atoms with Gasteiger partial charge in [-0.15, -0.1) is 17.0 Å². The second-order valence-electron chi connectivity index (χ2n) is 8.14. The number of ketones is 1. The molecule has 2 nitrogen and oxygen atoms in total. The number of carbonyl (C=O) groups excluding carboxylic acids is 1. The van der Waals surface area contributed by atoms with Gasteiger partial charge in [0.1, 0.15) is 0 Å². The first-order valence-electron chi connectivity index (χ1n) is 10.6. The standard InChI is InChI=1S/C25H32BrNO.BrH/c1-20(19-27-17-11-3-4-12-18-27)25(24(28)21(2)26,22-13-7-5-8-14-22)23-15-9-6-10-16-23;/h5-10,13-16,20-21H,3-4,11-12,17-19H2,1-2H3;1H. The van der Waals surface area contributed by atoms with Gasteiger partial charge in [-0.25, -0.2) is 0 Å². The minimum atomic E-state index is -0.655. The van der Waals surface area contributed by atoms with Crippen molar-refractivity contribution in [3.63, 3.8) is 0 Å². The molecule has 2 aromatic carbocycles. The van der Waals surface area contributed by atoms with Crippen LogP contribution in [0, 0.1) is 5.92 Å². The fourth-order valence-corrected chi connectivity index (χ4v) is 5.18. The third kappa shape index (κ3) is 5.39. The van der Waals surface area contributed by atoms with Gasteiger partial charge in [-0.2, -0.15) is 0 Å². The number of hydrogen-bond acceptors (Lipinski definition) is 2. The number of benzene rings is 2. The van der Waals surface area contributed by atoms with Crippen molar-refractivity contribution in [3.8, 4) is 0 Å². The van der Waals surface area contributed by atoms with Gasteiger partial charge >= 0.3 is 0 Å². The van der Waals surface area contributed by atoms with Crippen LogP contribution in [-0.4, -0.2) is 35.1 Å². The van der Waals surface area contributed by atoms with E-state index in [1.807, 2.05) is 19.1 Å². The predicted octanol–water partition coefficient (Wildman–Crippen LogP) is 6.42. The highest BCUT2D eigenvalue weighted by molar-refractivity contribution is 9.10. The maximum Gasteiger partial charge on any atom is 0.161 e. The number of Topliss-reactive ketones (excluding diaryl/α,β-unsaturated/α-hetero) is 1. The Labute approximate surface area is 195 Å². The molecule has 0 bridgehead atoms. The van der Waals surface area contributed by atoms with Crippen molar-refractivity contribution in [3.05, 3.63) is 71.8 Å². The van der Waals surface area contributed by atoms with Crippen molar-refractivity contribution in [1.29, 1.82) is 0 Å². The number of rotatable bonds is 7. The lowest BCUT2D eigenvalue weighted by atomic mass is 9.63. The van der Waals surface area contributed by atoms with E-state index < -0.39 is 5.41 Å². The van der Waals surface area contributed by atoms with E-state index in [-0.39, 0.29) is 33.5 Å². The van der Waals surface area contributed by atoms with Crippen molar-refractivity contribution in [2.45, 2.75) is 49.8 Å². The third-order valence-corrected chi connectivity index (χ3v) is 6.59. The summed E-state index contributed by atoms with van der Waals surface area (Å²) in [5.74, 6) is 0.412. The van der Waals surface area contributed by atoms with Crippen LogP contribution in [0.5, 0.6) is 0 Å². The summed E-state index contributed by atoms with van der Waals surface area (Å²) in [4.78, 5) is 16.2. The molecule has 158 valence electrons. The minimum Gasteiger partial charge on any atom is -0.303 e. The summed E-state index contributed by atoms with van der Waals surface area (Å²) in [6, 6.07) is 20.8. The van der Waals surface area contributed by atoms with Crippen LogP contribution in [0.15, 0.2) is 60.7 Å². The van der Waals surface area contributed by atoms with E-state index in [1.54, 1.807) is 0 Å². The van der Waals surface area contributed by atoms with Gasteiger partial charge < -0.3 is 4.90 Å². The molecule has 0 radical (unpaired) electrons. The van der Waals surface area contributed by atoms with Gasteiger partial charge in [0.15, 0.2) is 5.78 Å². The first kappa shape index (κ1) is 24.3. The molecule has 0 spiro atoms. The fraction of sp³-hybridized carbons (Fsp3) is 0.480. The fourth-order valence-electron chi connectivity index (χ4n) is 4.82. The van der Waals surface area contributed by atoms with Crippen LogP contribution in [0.4, 0.5) is 0 Å². The smallest absolute Gasteiger partial charge is 0.161 e. The largest absolute Gasteiger partial charge is 0.303 e. The zero-order valence-corrected chi connectivity index (χ0v) is 20.8. The van der Waals surface area contributed by atoms with Crippen LogP contribution in [-0.2, 0) is 10.2 Å². The Morgan fingerprint density at radius 3 is 1.76 bits per heavy atom. The van der Waals surface area contributed by atoms with E-state index in [2.05, 4.69) is 76.3 Å². The first-order valence-corrected chi connectivity index (χ1v) is 11.5. The first-order chi connectivity index (χ1) is 13.6. The molecule has 3 rings (SSSR count). The number of carbonyl (C=O) groups is 1. The Bertz CT molecular complexity index is 700. The molecule has 0 N–H and O–H groups in total. The summed E-state index contributed by atoms with van der Waals surface area (Å²) in [5.41, 5.74) is 1.54. The maximum absolute atomic E-state index is 13.9. The van der Waals surface area contributed by atoms with Crippen molar-refractivity contribution < 1.29 is 4.79 Å². The molecular weight excluding hydrogens is 490 g/mol. The summed E-state index contributed by atoms with van der Waals surface area (Å²) in [6.45, 7) is 7.44. The second-order valence-corrected chi connectivity index (χ2v) is 9.51. The normalized spacial score (nSPS) is 17.6. The molecule has 0 aromatic heterocycles. The van der Waals surface area contributed by atoms with Crippen LogP contribution in [0.25, 0.3) is 0 Å². The van der Waals surface area contributed by atoms with E-state index in [1.165, 1.54) is 25.7 Å². The van der Waals surface area contributed by atoms with Gasteiger partial charge in [0.2, 0.25) is 0 Å². The number of alkyl halides is 1. The van der Waals surface area contributed by atoms with Crippen LogP contribution in [0.3, 0.4) is 0 Å². The lowest BCUT2D eigenvalue weighted by molar-refractivity contribution is -0.124. The SMILES string of the molecule is Br.CC(Br)C(=O)C(c1ccccc1)(c1ccccc1)C(C)CN1CCCCCC1. The second kappa shape index (κ2) is 11.4. The Kier molecular flexibility index (Phi) is 9.58. The van der Waals surface area contributed by atoms with Crippen LogP contribution in [0.1, 0.15) is 50.7 Å². The number of nitrogens with zero attached hydrogens (tertiary/aromatic N) is 1. The highest BCUT2D eigenvalue weighted by atomic mass is 79.9. The van der Waals surface area contributed by atoms with Crippen LogP contribution in [0.2, 0.25) is 0 Å². The van der Waals surface area contributed by atoms with E-state index in [0.29, 0.717) is 0 Å². The van der Waals surface area contributed by atoms with Crippen molar-refractivity contribution in [2.75, 3.05) is 19.6 Å². The number of hydrogen-bond donors (Lipinski definition) is 0. The van der Waals surface area contributed by atoms with Crippen molar-refractivity contribution in [1.82, 2.24) is 4.90 Å². The molecule has 2 atom stereocenters. The average molecular weight is 523 g/mol. The molecule has 1 fully saturated rings. The van der Waals surface area contributed by atoms with Crippen molar-refractivity contribution >= 4 is 38.7 Å². The number of halogens is 2. The molecule has 1 saturated heterocycles. The van der Waals surface area contributed by atoms with Gasteiger partial charge in [-0.1, -0.05) is 96.4 Å². The summed E-state index contributed by atoms with van der Waals surface area (Å²) in [5, 5.41) is 0. The molecule has 29 heavy (non-hydrogen) atoms. The lowest BCUT2D eigenvalue weighted by Gasteiger charge is -2.42. The van der Waals surface area contributed by atoms with E-state index in [4.69, 9.17) is 0 Å². The average Bonchev–Trinajstić information content (AvgIpc) is 2.99. The Morgan fingerprint density at radius 1 is 0.897 bits per heavy atom. The zero-order valence-electron chi connectivity index (χ0n) is 17.5. The maximum atomic E-state index is 13.9. The van der Waals surface area contributed by atoms with Gasteiger partial charge in [0, 0.05) is 6.54 Å². The van der Waals surface area contributed by atoms with Gasteiger partial charge in [0.05, 0.1) is 10.2 Å². The number of likely N-dealkylation sites (tertiary alicyclic amines) is 1. The Balaban J connectivity index is 0.00000300. The third-order valence-electron chi connectivity index (χ3n) is 6.18. The summed E-state index contributed by atoms with van der Waals surface area (Å²) >= 11 is 3.61. The minimum absolute atomic E-state index is 0. The molecule has 0 amide bonds. The molecule has 1 aliphatic heterocycles. The molecule has 0 aliphatic carbocycles. The zero-order chi connectivity index (χ0) is 20.0.